The molecule has 0 spiro atoms. The number of anilines is 1. The second-order valence-electron chi connectivity index (χ2n) is 6.51. The maximum atomic E-state index is 12.2. The van der Waals surface area contributed by atoms with Crippen molar-refractivity contribution in [1.82, 2.24) is 14.9 Å². The molecule has 3 rings (SSSR count). The molecule has 0 atom stereocenters. The third kappa shape index (κ3) is 9.89. The van der Waals surface area contributed by atoms with E-state index < -0.39 is 12.4 Å². The van der Waals surface area contributed by atoms with Crippen LogP contribution in [-0.4, -0.2) is 68.1 Å². The first kappa shape index (κ1) is 25.6. The van der Waals surface area contributed by atoms with Gasteiger partial charge in [-0.3, -0.25) is 0 Å². The van der Waals surface area contributed by atoms with E-state index in [-0.39, 0.29) is 23.1 Å². The Labute approximate surface area is 179 Å². The molecule has 0 saturated carbocycles. The van der Waals surface area contributed by atoms with Gasteiger partial charge >= 0.3 is 5.97 Å². The van der Waals surface area contributed by atoms with Crippen LogP contribution in [0.25, 0.3) is 0 Å². The van der Waals surface area contributed by atoms with Crippen molar-refractivity contribution in [1.29, 1.82) is 0 Å². The zero-order valence-corrected chi connectivity index (χ0v) is 18.0. The zero-order chi connectivity index (χ0) is 22.5. The molecule has 10 heteroatoms. The molecule has 2 heterocycles. The van der Waals surface area contributed by atoms with Gasteiger partial charge in [0.15, 0.2) is 5.69 Å². The highest BCUT2D eigenvalue weighted by atomic mass is 35.5. The van der Waals surface area contributed by atoms with Gasteiger partial charge in [0.05, 0.1) is 31.1 Å². The van der Waals surface area contributed by atoms with Crippen molar-refractivity contribution in [2.45, 2.75) is 19.3 Å². The number of halogens is 4. The zero-order valence-electron chi connectivity index (χ0n) is 17.2. The fourth-order valence-corrected chi connectivity index (χ4v) is 2.49. The molecule has 0 N–H and O–H groups in total. The molecule has 1 aliphatic rings. The van der Waals surface area contributed by atoms with Crippen molar-refractivity contribution in [2.24, 2.45) is 0 Å². The maximum Gasteiger partial charge on any atom is 0.358 e. The van der Waals surface area contributed by atoms with Gasteiger partial charge in [-0.05, 0) is 39.1 Å². The largest absolute Gasteiger partial charge is 0.464 e. The lowest BCUT2D eigenvalue weighted by Gasteiger charge is -2.15. The third-order valence-electron chi connectivity index (χ3n) is 3.79. The second-order valence-corrected chi connectivity index (χ2v) is 6.92. The Hall–Kier alpha value is -2.39. The summed E-state index contributed by atoms with van der Waals surface area (Å²) < 4.78 is 39.2. The minimum atomic E-state index is -2.20. The Morgan fingerprint density at radius 2 is 1.83 bits per heavy atom. The lowest BCUT2D eigenvalue weighted by atomic mass is 10.4. The molecule has 1 fully saturated rings. The Morgan fingerprint density at radius 1 is 1.20 bits per heavy atom. The van der Waals surface area contributed by atoms with E-state index in [2.05, 4.69) is 19.6 Å². The summed E-state index contributed by atoms with van der Waals surface area (Å²) in [5.41, 5.74) is 0.250. The molecule has 2 aromatic rings. The van der Waals surface area contributed by atoms with E-state index in [9.17, 15) is 18.0 Å². The van der Waals surface area contributed by atoms with Crippen molar-refractivity contribution in [2.75, 3.05) is 45.7 Å². The van der Waals surface area contributed by atoms with Crippen LogP contribution in [0.2, 0.25) is 5.02 Å². The first-order valence-corrected chi connectivity index (χ1v) is 9.60. The summed E-state index contributed by atoms with van der Waals surface area (Å²) in [4.78, 5) is 22.9. The van der Waals surface area contributed by atoms with Crippen molar-refractivity contribution in [3.8, 4) is 0 Å². The number of carbonyl (C=O) groups is 1. The van der Waals surface area contributed by atoms with Gasteiger partial charge in [0.25, 0.3) is 6.43 Å². The number of ether oxygens (including phenoxy) is 1. The molecule has 30 heavy (non-hydrogen) atoms. The van der Waals surface area contributed by atoms with Crippen LogP contribution in [0.15, 0.2) is 36.7 Å². The lowest BCUT2D eigenvalue weighted by Crippen LogP contribution is -2.19. The molecule has 166 valence electrons. The maximum absolute atomic E-state index is 12.2. The van der Waals surface area contributed by atoms with E-state index in [1.165, 1.54) is 43.2 Å². The van der Waals surface area contributed by atoms with E-state index in [1.54, 1.807) is 32.4 Å². The van der Waals surface area contributed by atoms with Crippen LogP contribution in [-0.2, 0) is 4.74 Å². The standard InChI is InChI=1S/C10H13N3O2.C6H4ClF.C4H9F2N/c1-15-10(14)8-6-12-9(7-11-8)13-4-2-3-5-13;7-5-3-1-2-4-6(5)8;1-7(2)3-4(5)6/h6-7H,2-5H2,1H3;1-4H;4H,3H2,1-2H3. The Balaban J connectivity index is 0.000000254. The molecule has 1 saturated heterocycles. The Bertz CT molecular complexity index is 731. The highest BCUT2D eigenvalue weighted by Crippen LogP contribution is 2.16. The van der Waals surface area contributed by atoms with E-state index >= 15 is 0 Å². The Morgan fingerprint density at radius 3 is 2.20 bits per heavy atom. The molecule has 1 aliphatic heterocycles. The number of esters is 1. The van der Waals surface area contributed by atoms with E-state index in [1.807, 2.05) is 0 Å². The number of hydrogen-bond acceptors (Lipinski definition) is 6. The summed E-state index contributed by atoms with van der Waals surface area (Å²) >= 11 is 5.33. The normalized spacial score (nSPS) is 12.8. The van der Waals surface area contributed by atoms with Crippen LogP contribution < -0.4 is 4.90 Å². The number of rotatable bonds is 4. The van der Waals surface area contributed by atoms with Gasteiger partial charge in [0.2, 0.25) is 0 Å². The topological polar surface area (TPSA) is 58.6 Å². The predicted molar refractivity (Wildman–Crippen MR) is 111 cm³/mol. The summed E-state index contributed by atoms with van der Waals surface area (Å²) in [6, 6.07) is 6.12. The molecule has 6 nitrogen and oxygen atoms in total. The summed E-state index contributed by atoms with van der Waals surface area (Å²) in [5.74, 6) is 0.0183. The van der Waals surface area contributed by atoms with E-state index in [0.717, 1.165) is 18.9 Å². The third-order valence-corrected chi connectivity index (χ3v) is 4.10. The molecule has 0 bridgehead atoms. The fourth-order valence-electron chi connectivity index (χ4n) is 2.36. The number of carbonyl (C=O) groups excluding carboxylic acids is 1. The monoisotopic (exact) mass is 446 g/mol. The van der Waals surface area contributed by atoms with Crippen molar-refractivity contribution >= 4 is 23.4 Å². The lowest BCUT2D eigenvalue weighted by molar-refractivity contribution is 0.0593. The van der Waals surface area contributed by atoms with Gasteiger partial charge in [-0.15, -0.1) is 0 Å². The number of methoxy groups -OCH3 is 1. The average Bonchev–Trinajstić information content (AvgIpc) is 3.24. The SMILES string of the molecule is CN(C)CC(F)F.COC(=O)c1cnc(N2CCCC2)cn1.Fc1ccccc1Cl. The van der Waals surface area contributed by atoms with Gasteiger partial charge in [-0.2, -0.15) is 0 Å². The molecule has 0 aliphatic carbocycles. The number of hydrogen-bond donors (Lipinski definition) is 0. The Kier molecular flexibility index (Phi) is 11.8. The smallest absolute Gasteiger partial charge is 0.358 e. The highest BCUT2D eigenvalue weighted by molar-refractivity contribution is 6.30. The first-order valence-electron chi connectivity index (χ1n) is 9.22. The molecule has 0 radical (unpaired) electrons. The number of benzene rings is 1. The fraction of sp³-hybridized carbons (Fsp3) is 0.450. The van der Waals surface area contributed by atoms with Crippen LogP contribution in [0.4, 0.5) is 19.0 Å². The molecule has 0 amide bonds. The first-order chi connectivity index (χ1) is 14.2. The molecular weight excluding hydrogens is 421 g/mol. The van der Waals surface area contributed by atoms with Gasteiger partial charge in [0.1, 0.15) is 11.6 Å². The molecule has 1 aromatic carbocycles. The number of alkyl halides is 2. The van der Waals surface area contributed by atoms with Gasteiger partial charge in [-0.1, -0.05) is 23.7 Å². The summed E-state index contributed by atoms with van der Waals surface area (Å²) in [6.45, 7) is 1.90. The van der Waals surface area contributed by atoms with Crippen LogP contribution >= 0.6 is 11.6 Å². The minimum Gasteiger partial charge on any atom is -0.464 e. The van der Waals surface area contributed by atoms with Crippen LogP contribution in [0, 0.1) is 5.82 Å². The molecule has 0 unspecified atom stereocenters. The van der Waals surface area contributed by atoms with Crippen LogP contribution in [0.3, 0.4) is 0 Å². The summed E-state index contributed by atoms with van der Waals surface area (Å²) in [5, 5.41) is 0.174. The quantitative estimate of drug-likeness (QED) is 0.657. The van der Waals surface area contributed by atoms with Crippen LogP contribution in [0.1, 0.15) is 23.3 Å². The van der Waals surface area contributed by atoms with Crippen LogP contribution in [0.5, 0.6) is 0 Å². The van der Waals surface area contributed by atoms with E-state index in [4.69, 9.17) is 11.6 Å². The van der Waals surface area contributed by atoms with Gasteiger partial charge in [0, 0.05) is 13.1 Å². The summed E-state index contributed by atoms with van der Waals surface area (Å²) in [7, 11) is 4.57. The van der Waals surface area contributed by atoms with Gasteiger partial charge in [-0.25, -0.2) is 27.9 Å². The van der Waals surface area contributed by atoms with Gasteiger partial charge < -0.3 is 14.5 Å². The van der Waals surface area contributed by atoms with Crippen molar-refractivity contribution < 1.29 is 22.7 Å². The van der Waals surface area contributed by atoms with E-state index in [0.29, 0.717) is 0 Å². The number of aromatic nitrogens is 2. The minimum absolute atomic E-state index is 0.139. The average molecular weight is 447 g/mol. The van der Waals surface area contributed by atoms with Crippen molar-refractivity contribution in [3.05, 3.63) is 53.2 Å². The second kappa shape index (κ2) is 13.8. The molecule has 1 aromatic heterocycles. The predicted octanol–water partition coefficient (Wildman–Crippen LogP) is 4.16. The summed E-state index contributed by atoms with van der Waals surface area (Å²) in [6.07, 6.45) is 3.27. The van der Waals surface area contributed by atoms with Crippen molar-refractivity contribution in [3.63, 3.8) is 0 Å². The molecular formula is C20H26ClF3N4O2. The highest BCUT2D eigenvalue weighted by Gasteiger charge is 2.15. The number of nitrogens with zero attached hydrogens (tertiary/aromatic N) is 4.